The minimum atomic E-state index is -3.22. The molecule has 0 bridgehead atoms. The van der Waals surface area contributed by atoms with Crippen LogP contribution in [-0.2, 0) is 16.4 Å². The van der Waals surface area contributed by atoms with Gasteiger partial charge >= 0.3 is 0 Å². The van der Waals surface area contributed by atoms with Crippen LogP contribution in [0.25, 0.3) is 0 Å². The van der Waals surface area contributed by atoms with Crippen molar-refractivity contribution in [2.45, 2.75) is 44.2 Å². The van der Waals surface area contributed by atoms with Crippen molar-refractivity contribution < 1.29 is 13.2 Å². The third-order valence-electron chi connectivity index (χ3n) is 5.65. The average molecular weight is 415 g/mol. The lowest BCUT2D eigenvalue weighted by molar-refractivity contribution is 0.0940. The number of carbonyl (C=O) groups is 1. The van der Waals surface area contributed by atoms with E-state index >= 15 is 0 Å². The van der Waals surface area contributed by atoms with E-state index in [1.54, 1.807) is 24.3 Å². The normalized spacial score (nSPS) is 17.1. The Morgan fingerprint density at radius 3 is 2.21 bits per heavy atom. The lowest BCUT2D eigenvalue weighted by Gasteiger charge is -2.30. The largest absolute Gasteiger partial charge is 0.346 e. The molecule has 3 rings (SSSR count). The Labute approximate surface area is 174 Å². The maximum atomic E-state index is 12.6. The van der Waals surface area contributed by atoms with Crippen molar-refractivity contribution in [3.63, 3.8) is 0 Å². The minimum absolute atomic E-state index is 0.136. The Hall–Kier alpha value is -2.18. The van der Waals surface area contributed by atoms with Crippen molar-refractivity contribution in [3.05, 3.63) is 65.2 Å². The van der Waals surface area contributed by atoms with Gasteiger partial charge in [0.25, 0.3) is 5.91 Å². The molecule has 0 spiro atoms. The van der Waals surface area contributed by atoms with Crippen molar-refractivity contribution in [1.29, 1.82) is 0 Å². The maximum absolute atomic E-state index is 12.6. The molecule has 1 N–H and O–H groups in total. The molecule has 0 aliphatic carbocycles. The van der Waals surface area contributed by atoms with E-state index in [9.17, 15) is 13.2 Å². The first kappa shape index (κ1) is 21.5. The summed E-state index contributed by atoms with van der Waals surface area (Å²) in [4.78, 5) is 15.3. The van der Waals surface area contributed by atoms with Gasteiger partial charge in [0.05, 0.1) is 10.9 Å². The molecule has 1 aliphatic rings. The molecule has 2 aromatic carbocycles. The summed E-state index contributed by atoms with van der Waals surface area (Å²) in [5.74, 6) is 0.685. The van der Waals surface area contributed by atoms with Crippen LogP contribution >= 0.6 is 0 Å². The fraction of sp³-hybridized carbons (Fsp3) is 0.435. The number of nitrogens with one attached hydrogen (secondary N) is 1. The molecule has 1 heterocycles. The van der Waals surface area contributed by atoms with Gasteiger partial charge in [-0.25, -0.2) is 8.42 Å². The molecule has 0 radical (unpaired) electrons. The quantitative estimate of drug-likeness (QED) is 0.780. The van der Waals surface area contributed by atoms with Crippen LogP contribution in [0.5, 0.6) is 0 Å². The van der Waals surface area contributed by atoms with E-state index in [1.807, 2.05) is 31.2 Å². The summed E-state index contributed by atoms with van der Waals surface area (Å²) < 4.78 is 23.1. The van der Waals surface area contributed by atoms with Crippen molar-refractivity contribution in [2.24, 2.45) is 5.92 Å². The molecule has 156 valence electrons. The monoisotopic (exact) mass is 414 g/mol. The number of benzene rings is 2. The van der Waals surface area contributed by atoms with Gasteiger partial charge in [-0.2, -0.15) is 0 Å². The molecule has 29 heavy (non-hydrogen) atoms. The molecule has 0 unspecified atom stereocenters. The first-order valence-electron chi connectivity index (χ1n) is 10.1. The second-order valence-electron chi connectivity index (χ2n) is 8.19. The summed E-state index contributed by atoms with van der Waals surface area (Å²) in [5.41, 5.74) is 2.71. The third kappa shape index (κ3) is 5.90. The van der Waals surface area contributed by atoms with Gasteiger partial charge in [0, 0.05) is 18.4 Å². The highest BCUT2D eigenvalue weighted by atomic mass is 32.2. The lowest BCUT2D eigenvalue weighted by atomic mass is 9.99. The number of carbonyl (C=O) groups excluding carboxylic acids is 1. The molecular formula is C23H30N2O3S. The van der Waals surface area contributed by atoms with Gasteiger partial charge in [-0.05, 0) is 74.2 Å². The highest BCUT2D eigenvalue weighted by Gasteiger charge is 2.16. The number of amides is 1. The van der Waals surface area contributed by atoms with Gasteiger partial charge in [-0.3, -0.25) is 9.69 Å². The number of likely N-dealkylation sites (tertiary alicyclic amines) is 1. The van der Waals surface area contributed by atoms with Gasteiger partial charge in [-0.15, -0.1) is 0 Å². The number of hydrogen-bond acceptors (Lipinski definition) is 4. The van der Waals surface area contributed by atoms with E-state index in [0.717, 1.165) is 31.1 Å². The first-order chi connectivity index (χ1) is 13.7. The summed E-state index contributed by atoms with van der Waals surface area (Å²) in [7, 11) is -3.22. The summed E-state index contributed by atoms with van der Waals surface area (Å²) in [5, 5.41) is 2.98. The first-order valence-corrected chi connectivity index (χ1v) is 12.0. The average Bonchev–Trinajstić information content (AvgIpc) is 2.69. The van der Waals surface area contributed by atoms with Crippen LogP contribution in [0.1, 0.15) is 54.2 Å². The Bertz CT molecular complexity index is 929. The highest BCUT2D eigenvalue weighted by molar-refractivity contribution is 7.90. The van der Waals surface area contributed by atoms with E-state index in [0.29, 0.717) is 5.56 Å². The molecule has 6 heteroatoms. The Kier molecular flexibility index (Phi) is 6.75. The maximum Gasteiger partial charge on any atom is 0.251 e. The smallest absolute Gasteiger partial charge is 0.251 e. The van der Waals surface area contributed by atoms with Gasteiger partial charge in [0.1, 0.15) is 0 Å². The van der Waals surface area contributed by atoms with Gasteiger partial charge < -0.3 is 5.32 Å². The van der Waals surface area contributed by atoms with E-state index in [1.165, 1.54) is 24.7 Å². The van der Waals surface area contributed by atoms with Gasteiger partial charge in [-0.1, -0.05) is 31.2 Å². The molecule has 1 saturated heterocycles. The Morgan fingerprint density at radius 1 is 1.07 bits per heavy atom. The highest BCUT2D eigenvalue weighted by Crippen LogP contribution is 2.19. The fourth-order valence-electron chi connectivity index (χ4n) is 3.61. The molecule has 2 aromatic rings. The summed E-state index contributed by atoms with van der Waals surface area (Å²) in [6.45, 7) is 7.40. The van der Waals surface area contributed by atoms with Crippen molar-refractivity contribution in [1.82, 2.24) is 10.2 Å². The molecular weight excluding hydrogens is 384 g/mol. The third-order valence-corrected chi connectivity index (χ3v) is 6.78. The number of sulfone groups is 1. The van der Waals surface area contributed by atoms with Crippen LogP contribution < -0.4 is 5.32 Å². The molecule has 1 fully saturated rings. The second kappa shape index (κ2) is 9.09. The van der Waals surface area contributed by atoms with Crippen LogP contribution in [-0.4, -0.2) is 38.6 Å². The Morgan fingerprint density at radius 2 is 1.66 bits per heavy atom. The van der Waals surface area contributed by atoms with Crippen LogP contribution in [0, 0.1) is 5.92 Å². The molecule has 0 saturated carbocycles. The van der Waals surface area contributed by atoms with Crippen molar-refractivity contribution >= 4 is 15.7 Å². The van der Waals surface area contributed by atoms with Crippen LogP contribution in [0.2, 0.25) is 0 Å². The molecule has 1 amide bonds. The second-order valence-corrected chi connectivity index (χ2v) is 10.2. The van der Waals surface area contributed by atoms with Crippen LogP contribution in [0.15, 0.2) is 53.4 Å². The number of hydrogen-bond donors (Lipinski definition) is 1. The molecule has 5 nitrogen and oxygen atoms in total. The predicted molar refractivity (Wildman–Crippen MR) is 116 cm³/mol. The summed E-state index contributed by atoms with van der Waals surface area (Å²) in [6, 6.07) is 14.2. The van der Waals surface area contributed by atoms with E-state index in [-0.39, 0.29) is 16.8 Å². The van der Waals surface area contributed by atoms with Crippen molar-refractivity contribution in [2.75, 3.05) is 19.3 Å². The number of rotatable bonds is 6. The molecule has 1 aliphatic heterocycles. The zero-order chi connectivity index (χ0) is 21.0. The fourth-order valence-corrected chi connectivity index (χ4v) is 4.24. The van der Waals surface area contributed by atoms with E-state index in [4.69, 9.17) is 0 Å². The lowest BCUT2D eigenvalue weighted by Crippen LogP contribution is -2.32. The van der Waals surface area contributed by atoms with Crippen LogP contribution in [0.3, 0.4) is 0 Å². The van der Waals surface area contributed by atoms with Crippen molar-refractivity contribution in [3.8, 4) is 0 Å². The minimum Gasteiger partial charge on any atom is -0.346 e. The zero-order valence-corrected chi connectivity index (χ0v) is 18.2. The predicted octanol–water partition coefficient (Wildman–Crippen LogP) is 3.81. The Balaban J connectivity index is 1.57. The number of piperidine rings is 1. The zero-order valence-electron chi connectivity index (χ0n) is 17.4. The van der Waals surface area contributed by atoms with E-state index in [2.05, 4.69) is 17.1 Å². The summed E-state index contributed by atoms with van der Waals surface area (Å²) in [6.07, 6.45) is 3.69. The van der Waals surface area contributed by atoms with Gasteiger partial charge in [0.15, 0.2) is 9.84 Å². The standard InChI is InChI=1S/C23H30N2O3S/c1-17-12-14-25(15-13-17)16-19-4-6-21(7-5-19)23(26)24-18(2)20-8-10-22(11-9-20)29(3,27)28/h4-11,17-18H,12-16H2,1-3H3,(H,24,26)/t18-/m0/s1. The van der Waals surface area contributed by atoms with E-state index < -0.39 is 9.84 Å². The number of nitrogens with zero attached hydrogens (tertiary/aromatic N) is 1. The molecule has 1 atom stereocenters. The van der Waals surface area contributed by atoms with Gasteiger partial charge in [0.2, 0.25) is 0 Å². The SMILES string of the molecule is CC1CCN(Cc2ccc(C(=O)N[C@@H](C)c3ccc(S(C)(=O)=O)cc3)cc2)CC1. The topological polar surface area (TPSA) is 66.5 Å². The molecule has 0 aromatic heterocycles. The summed E-state index contributed by atoms with van der Waals surface area (Å²) >= 11 is 0. The van der Waals surface area contributed by atoms with Crippen LogP contribution in [0.4, 0.5) is 0 Å².